The van der Waals surface area contributed by atoms with E-state index >= 15 is 0 Å². The van der Waals surface area contributed by atoms with E-state index in [-0.39, 0.29) is 5.97 Å². The largest absolute Gasteiger partial charge is 0.442 e. The summed E-state index contributed by atoms with van der Waals surface area (Å²) in [6.45, 7) is 0. The first-order valence-corrected chi connectivity index (χ1v) is 6.02. The van der Waals surface area contributed by atoms with Crippen molar-refractivity contribution in [3.8, 4) is 12.3 Å². The van der Waals surface area contributed by atoms with Crippen LogP contribution in [-0.2, 0) is 4.74 Å². The Kier molecular flexibility index (Phi) is 3.49. The Bertz CT molecular complexity index is 422. The molecule has 2 rings (SSSR count). The highest BCUT2D eigenvalue weighted by Crippen LogP contribution is 2.31. The monoisotopic (exact) mass is 228 g/mol. The Hall–Kier alpha value is -1.75. The van der Waals surface area contributed by atoms with Gasteiger partial charge in [0, 0.05) is 0 Å². The second-order valence-electron chi connectivity index (χ2n) is 4.45. The number of terminal acetylenes is 1. The molecule has 1 saturated carbocycles. The van der Waals surface area contributed by atoms with Crippen molar-refractivity contribution >= 4 is 5.97 Å². The molecule has 0 heterocycles. The first kappa shape index (κ1) is 11.7. The van der Waals surface area contributed by atoms with Gasteiger partial charge in [-0.3, -0.25) is 0 Å². The summed E-state index contributed by atoms with van der Waals surface area (Å²) in [5.74, 6) is 2.36. The molecule has 0 aromatic heterocycles. The first-order chi connectivity index (χ1) is 8.26. The SMILES string of the molecule is C#CC1(OC(=O)c2ccccc2)CCCCC1. The zero-order chi connectivity index (χ0) is 12.1. The van der Waals surface area contributed by atoms with Gasteiger partial charge < -0.3 is 4.74 Å². The lowest BCUT2D eigenvalue weighted by atomic mass is 9.85. The zero-order valence-electron chi connectivity index (χ0n) is 9.82. The van der Waals surface area contributed by atoms with Crippen LogP contribution >= 0.6 is 0 Å². The highest BCUT2D eigenvalue weighted by Gasteiger charge is 2.34. The van der Waals surface area contributed by atoms with E-state index in [1.165, 1.54) is 6.42 Å². The molecule has 1 aliphatic carbocycles. The number of rotatable bonds is 2. The summed E-state index contributed by atoms with van der Waals surface area (Å²) in [6, 6.07) is 9.00. The van der Waals surface area contributed by atoms with Crippen LogP contribution in [0.25, 0.3) is 0 Å². The summed E-state index contributed by atoms with van der Waals surface area (Å²) in [7, 11) is 0. The molecule has 0 aliphatic heterocycles. The van der Waals surface area contributed by atoms with Gasteiger partial charge in [0.25, 0.3) is 0 Å². The Morgan fingerprint density at radius 2 is 1.82 bits per heavy atom. The summed E-state index contributed by atoms with van der Waals surface area (Å²) in [5, 5.41) is 0. The van der Waals surface area contributed by atoms with E-state index in [0.29, 0.717) is 5.56 Å². The lowest BCUT2D eigenvalue weighted by molar-refractivity contribution is -0.00662. The summed E-state index contributed by atoms with van der Waals surface area (Å²) in [4.78, 5) is 12.0. The van der Waals surface area contributed by atoms with Crippen LogP contribution in [0.2, 0.25) is 0 Å². The molecule has 0 unspecified atom stereocenters. The fourth-order valence-electron chi connectivity index (χ4n) is 2.21. The van der Waals surface area contributed by atoms with E-state index in [2.05, 4.69) is 5.92 Å². The Morgan fingerprint density at radius 1 is 1.18 bits per heavy atom. The minimum Gasteiger partial charge on any atom is -0.442 e. The molecule has 0 bridgehead atoms. The van der Waals surface area contributed by atoms with Crippen LogP contribution in [0.4, 0.5) is 0 Å². The number of esters is 1. The van der Waals surface area contributed by atoms with Crippen molar-refractivity contribution in [1.29, 1.82) is 0 Å². The summed E-state index contributed by atoms with van der Waals surface area (Å²) in [6.07, 6.45) is 10.3. The molecule has 0 amide bonds. The molecule has 88 valence electrons. The van der Waals surface area contributed by atoms with Crippen LogP contribution in [0.15, 0.2) is 30.3 Å². The molecule has 0 spiro atoms. The van der Waals surface area contributed by atoms with Gasteiger partial charge in [0.2, 0.25) is 0 Å². The second-order valence-corrected chi connectivity index (χ2v) is 4.45. The predicted molar refractivity (Wildman–Crippen MR) is 66.5 cm³/mol. The standard InChI is InChI=1S/C15H16O2/c1-2-15(11-7-4-8-12-15)17-14(16)13-9-5-3-6-10-13/h1,3,5-6,9-10H,4,7-8,11-12H2. The first-order valence-electron chi connectivity index (χ1n) is 6.02. The fourth-order valence-corrected chi connectivity index (χ4v) is 2.21. The van der Waals surface area contributed by atoms with Crippen molar-refractivity contribution < 1.29 is 9.53 Å². The summed E-state index contributed by atoms with van der Waals surface area (Å²) in [5.41, 5.74) is -0.113. The number of hydrogen-bond donors (Lipinski definition) is 0. The molecule has 0 N–H and O–H groups in total. The smallest absolute Gasteiger partial charge is 0.339 e. The third-order valence-corrected chi connectivity index (χ3v) is 3.22. The summed E-state index contributed by atoms with van der Waals surface area (Å²) < 4.78 is 5.54. The fraction of sp³-hybridized carbons (Fsp3) is 0.400. The molecule has 1 aromatic carbocycles. The molecule has 1 fully saturated rings. The van der Waals surface area contributed by atoms with Crippen molar-refractivity contribution in [2.75, 3.05) is 0 Å². The lowest BCUT2D eigenvalue weighted by Crippen LogP contribution is -2.35. The van der Waals surface area contributed by atoms with Crippen molar-refractivity contribution in [1.82, 2.24) is 0 Å². The van der Waals surface area contributed by atoms with Gasteiger partial charge in [-0.1, -0.05) is 30.5 Å². The third kappa shape index (κ3) is 2.68. The van der Waals surface area contributed by atoms with Gasteiger partial charge in [-0.25, -0.2) is 4.79 Å². The van der Waals surface area contributed by atoms with Gasteiger partial charge in [0.05, 0.1) is 5.56 Å². The second kappa shape index (κ2) is 5.05. The number of benzene rings is 1. The molecule has 2 heteroatoms. The molecule has 17 heavy (non-hydrogen) atoms. The van der Waals surface area contributed by atoms with E-state index in [9.17, 15) is 4.79 Å². The Morgan fingerprint density at radius 3 is 2.41 bits per heavy atom. The highest BCUT2D eigenvalue weighted by molar-refractivity contribution is 5.89. The quantitative estimate of drug-likeness (QED) is 0.574. The molecule has 0 saturated heterocycles. The number of hydrogen-bond acceptors (Lipinski definition) is 2. The van der Waals surface area contributed by atoms with E-state index in [0.717, 1.165) is 25.7 Å². The topological polar surface area (TPSA) is 26.3 Å². The van der Waals surface area contributed by atoms with E-state index in [1.54, 1.807) is 12.1 Å². The average Bonchev–Trinajstić information content (AvgIpc) is 2.41. The van der Waals surface area contributed by atoms with Gasteiger partial charge in [-0.15, -0.1) is 6.42 Å². The van der Waals surface area contributed by atoms with Crippen molar-refractivity contribution in [3.05, 3.63) is 35.9 Å². The van der Waals surface area contributed by atoms with Crippen LogP contribution in [0, 0.1) is 12.3 Å². The number of ether oxygens (including phenoxy) is 1. The molecule has 2 nitrogen and oxygen atoms in total. The maximum absolute atomic E-state index is 12.0. The minimum atomic E-state index is -0.675. The zero-order valence-corrected chi connectivity index (χ0v) is 9.82. The molecular weight excluding hydrogens is 212 g/mol. The van der Waals surface area contributed by atoms with Crippen LogP contribution in [0.1, 0.15) is 42.5 Å². The van der Waals surface area contributed by atoms with Crippen LogP contribution in [0.3, 0.4) is 0 Å². The maximum Gasteiger partial charge on any atom is 0.339 e. The van der Waals surface area contributed by atoms with Gasteiger partial charge >= 0.3 is 5.97 Å². The molecule has 0 radical (unpaired) electrons. The van der Waals surface area contributed by atoms with Gasteiger partial charge in [0.15, 0.2) is 5.60 Å². The number of carbonyl (C=O) groups excluding carboxylic acids is 1. The minimum absolute atomic E-state index is 0.314. The Balaban J connectivity index is 2.10. The van der Waals surface area contributed by atoms with Crippen molar-refractivity contribution in [2.45, 2.75) is 37.7 Å². The molecule has 1 aromatic rings. The third-order valence-electron chi connectivity index (χ3n) is 3.22. The van der Waals surface area contributed by atoms with Crippen LogP contribution in [-0.4, -0.2) is 11.6 Å². The van der Waals surface area contributed by atoms with Gasteiger partial charge in [-0.05, 0) is 37.8 Å². The van der Waals surface area contributed by atoms with Crippen molar-refractivity contribution in [3.63, 3.8) is 0 Å². The summed E-state index contributed by atoms with van der Waals surface area (Å²) >= 11 is 0. The molecular formula is C15H16O2. The highest BCUT2D eigenvalue weighted by atomic mass is 16.6. The molecule has 1 aliphatic rings. The van der Waals surface area contributed by atoms with E-state index in [4.69, 9.17) is 11.2 Å². The maximum atomic E-state index is 12.0. The van der Waals surface area contributed by atoms with Gasteiger partial charge in [-0.2, -0.15) is 0 Å². The normalized spacial score (nSPS) is 18.1. The van der Waals surface area contributed by atoms with E-state index in [1.807, 2.05) is 18.2 Å². The molecule has 0 atom stereocenters. The van der Waals surface area contributed by atoms with Crippen molar-refractivity contribution in [2.24, 2.45) is 0 Å². The lowest BCUT2D eigenvalue weighted by Gasteiger charge is -2.31. The van der Waals surface area contributed by atoms with Crippen LogP contribution < -0.4 is 0 Å². The predicted octanol–water partition coefficient (Wildman–Crippen LogP) is 3.18. The Labute approximate surface area is 102 Å². The average molecular weight is 228 g/mol. The number of carbonyl (C=O) groups is 1. The van der Waals surface area contributed by atoms with Crippen LogP contribution in [0.5, 0.6) is 0 Å². The van der Waals surface area contributed by atoms with E-state index < -0.39 is 5.60 Å². The van der Waals surface area contributed by atoms with Gasteiger partial charge in [0.1, 0.15) is 0 Å².